The number of rotatable bonds is 3. The molecule has 1 heterocycles. The van der Waals surface area contributed by atoms with Gasteiger partial charge in [-0.3, -0.25) is 4.79 Å². The largest absolute Gasteiger partial charge is 0.348 e. The number of hydrogen-bond acceptors (Lipinski definition) is 3. The average molecular weight is 347 g/mol. The molecule has 1 aliphatic carbocycles. The molecule has 0 bridgehead atoms. The summed E-state index contributed by atoms with van der Waals surface area (Å²) in [6.07, 6.45) is 8.31. The van der Waals surface area contributed by atoms with E-state index in [-0.39, 0.29) is 11.9 Å². The first-order valence-electron chi connectivity index (χ1n) is 8.64. The fourth-order valence-electron chi connectivity index (χ4n) is 3.22. The van der Waals surface area contributed by atoms with Crippen LogP contribution in [0.4, 0.5) is 0 Å². The highest BCUT2D eigenvalue weighted by Crippen LogP contribution is 2.19. The van der Waals surface area contributed by atoms with Crippen molar-refractivity contribution in [3.05, 3.63) is 40.7 Å². The predicted octanol–water partition coefficient (Wildman–Crippen LogP) is 4.07. The maximum atomic E-state index is 12.6. The summed E-state index contributed by atoms with van der Waals surface area (Å²) in [5, 5.41) is 12.0. The van der Waals surface area contributed by atoms with Gasteiger partial charge in [0.1, 0.15) is 0 Å². The molecule has 1 amide bonds. The molecule has 1 N–H and O–H groups in total. The Morgan fingerprint density at radius 2 is 1.75 bits per heavy atom. The number of aromatic nitrogens is 3. The highest BCUT2D eigenvalue weighted by atomic mass is 35.5. The number of carbonyl (C=O) groups is 1. The molecule has 1 aromatic carbocycles. The van der Waals surface area contributed by atoms with Crippen molar-refractivity contribution in [2.45, 2.75) is 57.9 Å². The zero-order chi connectivity index (χ0) is 16.9. The average Bonchev–Trinajstić information content (AvgIpc) is 2.92. The van der Waals surface area contributed by atoms with E-state index in [0.717, 1.165) is 24.2 Å². The van der Waals surface area contributed by atoms with E-state index in [1.807, 2.05) is 19.1 Å². The molecule has 0 aliphatic heterocycles. The van der Waals surface area contributed by atoms with Crippen molar-refractivity contribution >= 4 is 17.5 Å². The van der Waals surface area contributed by atoms with E-state index in [1.165, 1.54) is 32.1 Å². The Hall–Kier alpha value is -1.88. The lowest BCUT2D eigenvalue weighted by Crippen LogP contribution is -2.35. The van der Waals surface area contributed by atoms with Crippen molar-refractivity contribution in [2.24, 2.45) is 0 Å². The molecule has 128 valence electrons. The van der Waals surface area contributed by atoms with E-state index in [2.05, 4.69) is 15.6 Å². The van der Waals surface area contributed by atoms with Gasteiger partial charge >= 0.3 is 0 Å². The summed E-state index contributed by atoms with van der Waals surface area (Å²) >= 11 is 5.92. The second-order valence-electron chi connectivity index (χ2n) is 6.43. The first kappa shape index (κ1) is 17.0. The summed E-state index contributed by atoms with van der Waals surface area (Å²) in [4.78, 5) is 12.6. The van der Waals surface area contributed by atoms with E-state index >= 15 is 0 Å². The third kappa shape index (κ3) is 3.96. The molecule has 0 spiro atoms. The first-order chi connectivity index (χ1) is 11.6. The first-order valence-corrected chi connectivity index (χ1v) is 9.02. The molecule has 6 heteroatoms. The Labute approximate surface area is 147 Å². The topological polar surface area (TPSA) is 59.8 Å². The lowest BCUT2D eigenvalue weighted by molar-refractivity contribution is 0.0924. The smallest absolute Gasteiger partial charge is 0.273 e. The molecule has 5 nitrogen and oxygen atoms in total. The number of nitrogens with zero attached hydrogens (tertiary/aromatic N) is 3. The summed E-state index contributed by atoms with van der Waals surface area (Å²) in [6, 6.07) is 7.57. The summed E-state index contributed by atoms with van der Waals surface area (Å²) in [5.74, 6) is -0.127. The van der Waals surface area contributed by atoms with Gasteiger partial charge < -0.3 is 5.32 Å². The van der Waals surface area contributed by atoms with Crippen LogP contribution in [0.5, 0.6) is 0 Å². The van der Waals surface area contributed by atoms with Gasteiger partial charge in [0.05, 0.1) is 11.4 Å². The van der Waals surface area contributed by atoms with Crippen molar-refractivity contribution in [3.63, 3.8) is 0 Å². The quantitative estimate of drug-likeness (QED) is 0.911. The maximum Gasteiger partial charge on any atom is 0.273 e. The van der Waals surface area contributed by atoms with E-state index < -0.39 is 0 Å². The van der Waals surface area contributed by atoms with Crippen LogP contribution < -0.4 is 5.32 Å². The molecule has 1 saturated carbocycles. The summed E-state index contributed by atoms with van der Waals surface area (Å²) in [5.41, 5.74) is 1.97. The molecule has 0 atom stereocenters. The van der Waals surface area contributed by atoms with Gasteiger partial charge in [-0.25, -0.2) is 4.68 Å². The molecule has 3 rings (SSSR count). The van der Waals surface area contributed by atoms with Gasteiger partial charge in [-0.05, 0) is 44.0 Å². The van der Waals surface area contributed by atoms with Crippen LogP contribution in [0, 0.1) is 6.92 Å². The normalized spacial score (nSPS) is 16.4. The van der Waals surface area contributed by atoms with Crippen LogP contribution in [-0.4, -0.2) is 26.9 Å². The Bertz CT molecular complexity index is 688. The van der Waals surface area contributed by atoms with Gasteiger partial charge in [-0.1, -0.05) is 48.9 Å². The van der Waals surface area contributed by atoms with E-state index in [0.29, 0.717) is 10.7 Å². The molecule has 0 radical (unpaired) electrons. The van der Waals surface area contributed by atoms with Gasteiger partial charge in [0.15, 0.2) is 5.69 Å². The van der Waals surface area contributed by atoms with Crippen molar-refractivity contribution in [1.29, 1.82) is 0 Å². The number of benzene rings is 1. The minimum atomic E-state index is -0.127. The standard InChI is InChI=1S/C18H23ClN4O/c1-13-17(18(24)20-15-7-5-3-2-4-6-8-15)21-22-23(13)16-11-9-14(19)10-12-16/h9-12,15H,2-8H2,1H3,(H,20,24). The zero-order valence-electron chi connectivity index (χ0n) is 14.0. The van der Waals surface area contributed by atoms with Crippen molar-refractivity contribution < 1.29 is 4.79 Å². The third-order valence-electron chi connectivity index (χ3n) is 4.62. The summed E-state index contributed by atoms with van der Waals surface area (Å²) in [6.45, 7) is 1.86. The Kier molecular flexibility index (Phi) is 5.51. The van der Waals surface area contributed by atoms with Crippen LogP contribution in [0.3, 0.4) is 0 Å². The molecule has 2 aromatic rings. The fourth-order valence-corrected chi connectivity index (χ4v) is 3.35. The highest BCUT2D eigenvalue weighted by molar-refractivity contribution is 6.30. The molecule has 24 heavy (non-hydrogen) atoms. The number of amides is 1. The Balaban J connectivity index is 1.72. The second kappa shape index (κ2) is 7.79. The lowest BCUT2D eigenvalue weighted by atomic mass is 9.96. The van der Waals surface area contributed by atoms with Crippen LogP contribution >= 0.6 is 11.6 Å². The monoisotopic (exact) mass is 346 g/mol. The Morgan fingerprint density at radius 3 is 2.42 bits per heavy atom. The summed E-state index contributed by atoms with van der Waals surface area (Å²) < 4.78 is 1.67. The van der Waals surface area contributed by atoms with Gasteiger partial charge in [-0.2, -0.15) is 0 Å². The van der Waals surface area contributed by atoms with Crippen LogP contribution in [0.1, 0.15) is 61.1 Å². The Morgan fingerprint density at radius 1 is 1.12 bits per heavy atom. The third-order valence-corrected chi connectivity index (χ3v) is 4.87. The number of nitrogens with one attached hydrogen (secondary N) is 1. The van der Waals surface area contributed by atoms with Gasteiger partial charge in [0.2, 0.25) is 0 Å². The lowest BCUT2D eigenvalue weighted by Gasteiger charge is -2.20. The highest BCUT2D eigenvalue weighted by Gasteiger charge is 2.21. The SMILES string of the molecule is Cc1c(C(=O)NC2CCCCCCC2)nnn1-c1ccc(Cl)cc1. The minimum Gasteiger partial charge on any atom is -0.348 e. The minimum absolute atomic E-state index is 0.127. The molecular formula is C18H23ClN4O. The zero-order valence-corrected chi connectivity index (χ0v) is 14.7. The van der Waals surface area contributed by atoms with Gasteiger partial charge in [-0.15, -0.1) is 5.10 Å². The maximum absolute atomic E-state index is 12.6. The van der Waals surface area contributed by atoms with Gasteiger partial charge in [0, 0.05) is 11.1 Å². The summed E-state index contributed by atoms with van der Waals surface area (Å²) in [7, 11) is 0. The van der Waals surface area contributed by atoms with E-state index in [1.54, 1.807) is 16.8 Å². The number of halogens is 1. The fraction of sp³-hybridized carbons (Fsp3) is 0.500. The molecule has 1 aromatic heterocycles. The van der Waals surface area contributed by atoms with Crippen LogP contribution in [0.25, 0.3) is 5.69 Å². The second-order valence-corrected chi connectivity index (χ2v) is 6.86. The molecule has 0 unspecified atom stereocenters. The molecule has 0 saturated heterocycles. The molecule has 1 aliphatic rings. The van der Waals surface area contributed by atoms with Crippen LogP contribution in [-0.2, 0) is 0 Å². The van der Waals surface area contributed by atoms with Crippen molar-refractivity contribution in [3.8, 4) is 5.69 Å². The van der Waals surface area contributed by atoms with E-state index in [9.17, 15) is 4.79 Å². The van der Waals surface area contributed by atoms with Crippen molar-refractivity contribution in [2.75, 3.05) is 0 Å². The predicted molar refractivity (Wildman–Crippen MR) is 94.7 cm³/mol. The number of carbonyl (C=O) groups excluding carboxylic acids is 1. The van der Waals surface area contributed by atoms with E-state index in [4.69, 9.17) is 11.6 Å². The molecule has 1 fully saturated rings. The number of hydrogen-bond donors (Lipinski definition) is 1. The molecular weight excluding hydrogens is 324 g/mol. The van der Waals surface area contributed by atoms with Crippen LogP contribution in [0.15, 0.2) is 24.3 Å². The van der Waals surface area contributed by atoms with Crippen molar-refractivity contribution in [1.82, 2.24) is 20.3 Å². The van der Waals surface area contributed by atoms with Crippen LogP contribution in [0.2, 0.25) is 5.02 Å². The van der Waals surface area contributed by atoms with Gasteiger partial charge in [0.25, 0.3) is 5.91 Å².